The maximum atomic E-state index is 12.3. The van der Waals surface area contributed by atoms with Crippen molar-refractivity contribution in [3.05, 3.63) is 53.6 Å². The first-order chi connectivity index (χ1) is 14.0. The molecule has 0 spiro atoms. The minimum Gasteiger partial charge on any atom is -0.496 e. The quantitative estimate of drug-likeness (QED) is 0.771. The second-order valence-electron chi connectivity index (χ2n) is 7.66. The van der Waals surface area contributed by atoms with E-state index in [1.807, 2.05) is 36.4 Å². The number of carbonyl (C=O) groups is 1. The van der Waals surface area contributed by atoms with Crippen LogP contribution < -0.4 is 14.2 Å². The molecule has 4 rings (SSSR count). The molecule has 2 aromatic rings. The van der Waals surface area contributed by atoms with Crippen molar-refractivity contribution in [3.63, 3.8) is 0 Å². The SMILES string of the molecule is COc1cc2c(cc1CN1CC[C@@H](O)[C@](Cc3ccccc3)(C(=O)O)C1)OCO2. The van der Waals surface area contributed by atoms with Gasteiger partial charge in [-0.3, -0.25) is 9.69 Å². The smallest absolute Gasteiger partial charge is 0.313 e. The Balaban J connectivity index is 1.59. The Morgan fingerprint density at radius 1 is 1.24 bits per heavy atom. The molecule has 0 amide bonds. The van der Waals surface area contributed by atoms with E-state index >= 15 is 0 Å². The molecule has 2 heterocycles. The third-order valence-corrected chi connectivity index (χ3v) is 5.82. The standard InChI is InChI=1S/C22H25NO6/c1-27-17-10-19-18(28-14-29-19)9-16(17)12-23-8-7-20(24)22(13-23,21(25)26)11-15-5-3-2-4-6-15/h2-6,9-10,20,24H,7-8,11-14H2,1H3,(H,25,26)/t20-,22-/m1/s1. The highest BCUT2D eigenvalue weighted by Gasteiger charge is 2.49. The molecular weight excluding hydrogens is 374 g/mol. The topological polar surface area (TPSA) is 88.5 Å². The van der Waals surface area contributed by atoms with Gasteiger partial charge in [0.15, 0.2) is 11.5 Å². The summed E-state index contributed by atoms with van der Waals surface area (Å²) in [4.78, 5) is 14.4. The molecule has 1 fully saturated rings. The molecule has 0 aliphatic carbocycles. The van der Waals surface area contributed by atoms with Gasteiger partial charge in [0, 0.05) is 31.3 Å². The molecule has 0 radical (unpaired) electrons. The van der Waals surface area contributed by atoms with Crippen molar-refractivity contribution in [1.29, 1.82) is 0 Å². The van der Waals surface area contributed by atoms with Crippen molar-refractivity contribution in [1.82, 2.24) is 4.90 Å². The van der Waals surface area contributed by atoms with Gasteiger partial charge in [-0.1, -0.05) is 30.3 Å². The number of aliphatic hydroxyl groups excluding tert-OH is 1. The van der Waals surface area contributed by atoms with Gasteiger partial charge in [0.1, 0.15) is 11.2 Å². The van der Waals surface area contributed by atoms with Crippen molar-refractivity contribution in [2.75, 3.05) is 27.0 Å². The van der Waals surface area contributed by atoms with E-state index in [4.69, 9.17) is 14.2 Å². The summed E-state index contributed by atoms with van der Waals surface area (Å²) < 4.78 is 16.4. The van der Waals surface area contributed by atoms with Crippen LogP contribution in [0.3, 0.4) is 0 Å². The number of rotatable bonds is 6. The minimum atomic E-state index is -1.26. The van der Waals surface area contributed by atoms with Crippen molar-refractivity contribution < 1.29 is 29.2 Å². The van der Waals surface area contributed by atoms with Crippen LogP contribution in [0.15, 0.2) is 42.5 Å². The maximum absolute atomic E-state index is 12.3. The van der Waals surface area contributed by atoms with Crippen LogP contribution in [-0.2, 0) is 17.8 Å². The lowest BCUT2D eigenvalue weighted by Gasteiger charge is -2.43. The number of hydrogen-bond donors (Lipinski definition) is 2. The fourth-order valence-corrected chi connectivity index (χ4v) is 4.24. The predicted molar refractivity (Wildman–Crippen MR) is 105 cm³/mol. The third-order valence-electron chi connectivity index (χ3n) is 5.82. The maximum Gasteiger partial charge on any atom is 0.313 e. The second kappa shape index (κ2) is 7.93. The third kappa shape index (κ3) is 3.75. The fourth-order valence-electron chi connectivity index (χ4n) is 4.24. The van der Waals surface area contributed by atoms with Crippen molar-refractivity contribution in [3.8, 4) is 17.2 Å². The van der Waals surface area contributed by atoms with E-state index in [1.54, 1.807) is 13.2 Å². The number of carboxylic acids is 1. The first-order valence-electron chi connectivity index (χ1n) is 9.66. The van der Waals surface area contributed by atoms with E-state index in [0.29, 0.717) is 36.8 Å². The molecule has 2 atom stereocenters. The van der Waals surface area contributed by atoms with Gasteiger partial charge in [-0.05, 0) is 24.5 Å². The summed E-state index contributed by atoms with van der Waals surface area (Å²) in [6, 6.07) is 13.1. The highest BCUT2D eigenvalue weighted by Crippen LogP contribution is 2.40. The zero-order valence-electron chi connectivity index (χ0n) is 16.3. The van der Waals surface area contributed by atoms with Crippen molar-refractivity contribution in [2.45, 2.75) is 25.5 Å². The van der Waals surface area contributed by atoms with E-state index in [-0.39, 0.29) is 19.8 Å². The van der Waals surface area contributed by atoms with Gasteiger partial charge < -0.3 is 24.4 Å². The van der Waals surface area contributed by atoms with Crippen LogP contribution >= 0.6 is 0 Å². The minimum absolute atomic E-state index is 0.178. The summed E-state index contributed by atoms with van der Waals surface area (Å²) in [5, 5.41) is 20.8. The molecule has 2 N–H and O–H groups in total. The molecular formula is C22H25NO6. The van der Waals surface area contributed by atoms with Gasteiger partial charge in [0.05, 0.1) is 13.2 Å². The fraction of sp³-hybridized carbons (Fsp3) is 0.409. The van der Waals surface area contributed by atoms with Gasteiger partial charge in [0.2, 0.25) is 6.79 Å². The average molecular weight is 399 g/mol. The predicted octanol–water partition coefficient (Wildman–Crippen LogP) is 2.30. The van der Waals surface area contributed by atoms with E-state index in [0.717, 1.165) is 11.1 Å². The van der Waals surface area contributed by atoms with E-state index < -0.39 is 17.5 Å². The van der Waals surface area contributed by atoms with Crippen LogP contribution in [0.4, 0.5) is 0 Å². The van der Waals surface area contributed by atoms with Gasteiger partial charge in [-0.25, -0.2) is 0 Å². The lowest BCUT2D eigenvalue weighted by molar-refractivity contribution is -0.163. The highest BCUT2D eigenvalue weighted by atomic mass is 16.7. The van der Waals surface area contributed by atoms with E-state index in [2.05, 4.69) is 4.90 Å². The lowest BCUT2D eigenvalue weighted by Crippen LogP contribution is -2.56. The number of aliphatic hydroxyl groups is 1. The summed E-state index contributed by atoms with van der Waals surface area (Å²) >= 11 is 0. The van der Waals surface area contributed by atoms with E-state index in [9.17, 15) is 15.0 Å². The zero-order valence-corrected chi connectivity index (χ0v) is 16.3. The number of hydrogen-bond acceptors (Lipinski definition) is 6. The Labute approximate surface area is 169 Å². The van der Waals surface area contributed by atoms with Crippen LogP contribution in [0, 0.1) is 5.41 Å². The number of fused-ring (bicyclic) bond motifs is 1. The molecule has 0 unspecified atom stereocenters. The normalized spacial score (nSPS) is 23.7. The van der Waals surface area contributed by atoms with Crippen LogP contribution in [0.1, 0.15) is 17.5 Å². The molecule has 0 aromatic heterocycles. The second-order valence-corrected chi connectivity index (χ2v) is 7.66. The van der Waals surface area contributed by atoms with Crippen LogP contribution in [0.5, 0.6) is 17.2 Å². The molecule has 2 aliphatic heterocycles. The Hall–Kier alpha value is -2.77. The summed E-state index contributed by atoms with van der Waals surface area (Å²) in [5.41, 5.74) is 0.534. The number of piperidine rings is 1. The highest BCUT2D eigenvalue weighted by molar-refractivity contribution is 5.76. The number of carboxylic acid groups (broad SMARTS) is 1. The van der Waals surface area contributed by atoms with Crippen LogP contribution in [0.25, 0.3) is 0 Å². The number of methoxy groups -OCH3 is 1. The Morgan fingerprint density at radius 3 is 2.66 bits per heavy atom. The summed E-state index contributed by atoms with van der Waals surface area (Å²) in [6.45, 7) is 1.52. The number of nitrogens with zero attached hydrogens (tertiary/aromatic N) is 1. The summed E-state index contributed by atoms with van der Waals surface area (Å²) in [7, 11) is 1.60. The van der Waals surface area contributed by atoms with Gasteiger partial charge in [-0.2, -0.15) is 0 Å². The first-order valence-corrected chi connectivity index (χ1v) is 9.66. The number of likely N-dealkylation sites (tertiary alicyclic amines) is 1. The number of benzene rings is 2. The monoisotopic (exact) mass is 399 g/mol. The molecule has 1 saturated heterocycles. The van der Waals surface area contributed by atoms with Gasteiger partial charge >= 0.3 is 5.97 Å². The number of aliphatic carboxylic acids is 1. The molecule has 7 nitrogen and oxygen atoms in total. The summed E-state index contributed by atoms with van der Waals surface area (Å²) in [5.74, 6) is 0.996. The molecule has 0 saturated carbocycles. The van der Waals surface area contributed by atoms with Crippen LogP contribution in [-0.4, -0.2) is 54.2 Å². The lowest BCUT2D eigenvalue weighted by atomic mass is 9.72. The zero-order chi connectivity index (χ0) is 20.4. The average Bonchev–Trinajstić information content (AvgIpc) is 3.17. The van der Waals surface area contributed by atoms with Gasteiger partial charge in [-0.15, -0.1) is 0 Å². The molecule has 0 bridgehead atoms. The van der Waals surface area contributed by atoms with Crippen molar-refractivity contribution in [2.24, 2.45) is 5.41 Å². The first kappa shape index (κ1) is 19.5. The number of ether oxygens (including phenoxy) is 3. The Kier molecular flexibility index (Phi) is 5.34. The Morgan fingerprint density at radius 2 is 1.97 bits per heavy atom. The molecule has 2 aliphatic rings. The van der Waals surface area contributed by atoms with Gasteiger partial charge in [0.25, 0.3) is 0 Å². The largest absolute Gasteiger partial charge is 0.496 e. The van der Waals surface area contributed by atoms with Crippen LogP contribution in [0.2, 0.25) is 0 Å². The molecule has 29 heavy (non-hydrogen) atoms. The van der Waals surface area contributed by atoms with Crippen molar-refractivity contribution >= 4 is 5.97 Å². The Bertz CT molecular complexity index is 886. The molecule has 154 valence electrons. The van der Waals surface area contributed by atoms with E-state index in [1.165, 1.54) is 0 Å². The summed E-state index contributed by atoms with van der Waals surface area (Å²) in [6.07, 6.45) is -0.236. The molecule has 2 aromatic carbocycles. The molecule has 7 heteroatoms.